The summed E-state index contributed by atoms with van der Waals surface area (Å²) in [5, 5.41) is 0. The molecule has 1 unspecified atom stereocenters. The van der Waals surface area contributed by atoms with Crippen LogP contribution in [0.25, 0.3) is 17.2 Å². The lowest BCUT2D eigenvalue weighted by Gasteiger charge is -2.29. The Labute approximate surface area is 193 Å². The molecular weight excluding hydrogens is 403 g/mol. The monoisotopic (exact) mass is 442 g/mol. The van der Waals surface area contributed by atoms with Crippen LogP contribution in [0.1, 0.15) is 87.8 Å². The number of ether oxygens (including phenoxy) is 3. The SMILES string of the molecule is CCCC=Cc1c(C(C)C)cc(C(C)C)c(C(OC)OCCOC)c1-c1ccc(F)cc1. The fraction of sp³-hybridized carbons (Fsp3) is 0.500. The normalized spacial score (nSPS) is 12.9. The molecule has 0 bridgehead atoms. The van der Waals surface area contributed by atoms with E-state index in [1.807, 2.05) is 12.1 Å². The van der Waals surface area contributed by atoms with Gasteiger partial charge in [0.1, 0.15) is 5.82 Å². The van der Waals surface area contributed by atoms with Crippen LogP contribution in [0.15, 0.2) is 36.4 Å². The number of benzene rings is 2. The van der Waals surface area contributed by atoms with Crippen molar-refractivity contribution in [3.05, 3.63) is 64.5 Å². The van der Waals surface area contributed by atoms with E-state index in [4.69, 9.17) is 14.2 Å². The highest BCUT2D eigenvalue weighted by molar-refractivity contribution is 5.82. The Bertz CT molecular complexity index is 869. The molecule has 4 heteroatoms. The van der Waals surface area contributed by atoms with Gasteiger partial charge in [0.2, 0.25) is 0 Å². The maximum Gasteiger partial charge on any atom is 0.184 e. The summed E-state index contributed by atoms with van der Waals surface area (Å²) in [5.41, 5.74) is 6.62. The molecule has 2 aromatic carbocycles. The van der Waals surface area contributed by atoms with Crippen LogP contribution in [0.5, 0.6) is 0 Å². The summed E-state index contributed by atoms with van der Waals surface area (Å²) in [5.74, 6) is 0.346. The molecule has 0 aromatic heterocycles. The maximum atomic E-state index is 13.8. The molecule has 0 fully saturated rings. The third-order valence-corrected chi connectivity index (χ3v) is 5.59. The number of halogens is 1. The molecule has 0 amide bonds. The Kier molecular flexibility index (Phi) is 10.6. The van der Waals surface area contributed by atoms with E-state index in [2.05, 4.69) is 52.8 Å². The second-order valence-electron chi connectivity index (χ2n) is 8.70. The van der Waals surface area contributed by atoms with E-state index in [-0.39, 0.29) is 11.7 Å². The zero-order chi connectivity index (χ0) is 23.7. The van der Waals surface area contributed by atoms with Gasteiger partial charge in [0.15, 0.2) is 6.29 Å². The van der Waals surface area contributed by atoms with Crippen LogP contribution in [-0.2, 0) is 14.2 Å². The molecule has 2 rings (SSSR count). The van der Waals surface area contributed by atoms with Crippen LogP contribution in [-0.4, -0.2) is 27.4 Å². The first-order chi connectivity index (χ1) is 15.3. The molecule has 176 valence electrons. The molecule has 3 nitrogen and oxygen atoms in total. The second-order valence-corrected chi connectivity index (χ2v) is 8.70. The van der Waals surface area contributed by atoms with Gasteiger partial charge in [-0.25, -0.2) is 4.39 Å². The molecule has 0 N–H and O–H groups in total. The van der Waals surface area contributed by atoms with E-state index in [1.165, 1.54) is 23.3 Å². The minimum absolute atomic E-state index is 0.248. The van der Waals surface area contributed by atoms with E-state index in [9.17, 15) is 4.39 Å². The summed E-state index contributed by atoms with van der Waals surface area (Å²) in [7, 11) is 3.32. The van der Waals surface area contributed by atoms with Crippen LogP contribution in [0.4, 0.5) is 4.39 Å². The zero-order valence-electron chi connectivity index (χ0n) is 20.7. The molecule has 0 aliphatic carbocycles. The minimum Gasteiger partial charge on any atom is -0.382 e. The summed E-state index contributed by atoms with van der Waals surface area (Å²) in [6.07, 6.45) is 5.96. The number of allylic oxidation sites excluding steroid dienone is 1. The molecule has 0 aliphatic heterocycles. The van der Waals surface area contributed by atoms with E-state index in [1.54, 1.807) is 14.2 Å². The summed E-state index contributed by atoms with van der Waals surface area (Å²) in [6.45, 7) is 11.9. The van der Waals surface area contributed by atoms with Crippen molar-refractivity contribution in [3.8, 4) is 11.1 Å². The maximum absolute atomic E-state index is 13.8. The third kappa shape index (κ3) is 6.50. The van der Waals surface area contributed by atoms with Crippen molar-refractivity contribution in [2.24, 2.45) is 0 Å². The van der Waals surface area contributed by atoms with Crippen LogP contribution in [0.3, 0.4) is 0 Å². The zero-order valence-corrected chi connectivity index (χ0v) is 20.7. The van der Waals surface area contributed by atoms with Crippen molar-refractivity contribution in [1.29, 1.82) is 0 Å². The van der Waals surface area contributed by atoms with Gasteiger partial charge in [0.05, 0.1) is 13.2 Å². The van der Waals surface area contributed by atoms with Gasteiger partial charge in [-0.15, -0.1) is 0 Å². The number of rotatable bonds is 12. The van der Waals surface area contributed by atoms with Gasteiger partial charge in [0, 0.05) is 19.8 Å². The summed E-state index contributed by atoms with van der Waals surface area (Å²) < 4.78 is 31.0. The van der Waals surface area contributed by atoms with E-state index in [0.29, 0.717) is 19.1 Å². The van der Waals surface area contributed by atoms with Crippen molar-refractivity contribution >= 4 is 6.08 Å². The summed E-state index contributed by atoms with van der Waals surface area (Å²) >= 11 is 0. The topological polar surface area (TPSA) is 27.7 Å². The van der Waals surface area contributed by atoms with E-state index in [0.717, 1.165) is 35.1 Å². The van der Waals surface area contributed by atoms with Gasteiger partial charge < -0.3 is 14.2 Å². The fourth-order valence-corrected chi connectivity index (χ4v) is 3.95. The van der Waals surface area contributed by atoms with Crippen LogP contribution in [0.2, 0.25) is 0 Å². The van der Waals surface area contributed by atoms with Crippen molar-refractivity contribution in [1.82, 2.24) is 0 Å². The van der Waals surface area contributed by atoms with Crippen molar-refractivity contribution in [3.63, 3.8) is 0 Å². The highest BCUT2D eigenvalue weighted by atomic mass is 19.1. The first-order valence-corrected chi connectivity index (χ1v) is 11.6. The Morgan fingerprint density at radius 2 is 1.59 bits per heavy atom. The predicted molar refractivity (Wildman–Crippen MR) is 132 cm³/mol. The highest BCUT2D eigenvalue weighted by Crippen LogP contribution is 2.43. The van der Waals surface area contributed by atoms with Gasteiger partial charge in [-0.3, -0.25) is 0 Å². The van der Waals surface area contributed by atoms with Crippen LogP contribution >= 0.6 is 0 Å². The van der Waals surface area contributed by atoms with Crippen molar-refractivity contribution in [2.75, 3.05) is 27.4 Å². The minimum atomic E-state index is -0.554. The van der Waals surface area contributed by atoms with Crippen molar-refractivity contribution < 1.29 is 18.6 Å². The van der Waals surface area contributed by atoms with Gasteiger partial charge in [0.25, 0.3) is 0 Å². The van der Waals surface area contributed by atoms with Gasteiger partial charge in [-0.1, -0.05) is 71.4 Å². The molecule has 2 aromatic rings. The van der Waals surface area contributed by atoms with Gasteiger partial charge in [-0.05, 0) is 58.2 Å². The average molecular weight is 443 g/mol. The van der Waals surface area contributed by atoms with Gasteiger partial charge in [-0.2, -0.15) is 0 Å². The smallest absolute Gasteiger partial charge is 0.184 e. The number of methoxy groups -OCH3 is 2. The third-order valence-electron chi connectivity index (χ3n) is 5.59. The molecule has 0 spiro atoms. The highest BCUT2D eigenvalue weighted by Gasteiger charge is 2.27. The molecule has 32 heavy (non-hydrogen) atoms. The van der Waals surface area contributed by atoms with E-state index >= 15 is 0 Å². The summed E-state index contributed by atoms with van der Waals surface area (Å²) in [4.78, 5) is 0. The fourth-order valence-electron chi connectivity index (χ4n) is 3.95. The van der Waals surface area contributed by atoms with Crippen molar-refractivity contribution in [2.45, 2.75) is 65.6 Å². The Morgan fingerprint density at radius 3 is 2.12 bits per heavy atom. The quantitative estimate of drug-likeness (QED) is 0.247. The summed E-state index contributed by atoms with van der Waals surface area (Å²) in [6, 6.07) is 9.03. The Balaban J connectivity index is 2.90. The van der Waals surface area contributed by atoms with Crippen LogP contribution < -0.4 is 0 Å². The Hall–Kier alpha value is -2.01. The molecular formula is C28H39FO3. The predicted octanol–water partition coefficient (Wildman–Crippen LogP) is 7.86. The first kappa shape index (κ1) is 26.2. The lowest BCUT2D eigenvalue weighted by atomic mass is 9.81. The average Bonchev–Trinajstić information content (AvgIpc) is 2.77. The molecule has 0 aliphatic rings. The van der Waals surface area contributed by atoms with E-state index < -0.39 is 6.29 Å². The standard InChI is InChI=1S/C28H39FO3/c1-8-9-10-11-23-24(19(2)3)18-25(20(4)5)27(28(31-7)32-17-16-30-6)26(23)21-12-14-22(29)15-13-21/h10-15,18-20,28H,8-9,16-17H2,1-7H3. The molecule has 0 saturated heterocycles. The lowest BCUT2D eigenvalue weighted by Crippen LogP contribution is -2.16. The second kappa shape index (κ2) is 12.9. The lowest BCUT2D eigenvalue weighted by molar-refractivity contribution is -0.135. The molecule has 0 radical (unpaired) electrons. The van der Waals surface area contributed by atoms with Gasteiger partial charge >= 0.3 is 0 Å². The number of hydrogen-bond acceptors (Lipinski definition) is 3. The van der Waals surface area contributed by atoms with Crippen LogP contribution in [0, 0.1) is 5.82 Å². The Morgan fingerprint density at radius 1 is 0.938 bits per heavy atom. The number of unbranched alkanes of at least 4 members (excludes halogenated alkanes) is 1. The molecule has 0 saturated carbocycles. The molecule has 1 atom stereocenters. The first-order valence-electron chi connectivity index (χ1n) is 11.6. The number of hydrogen-bond donors (Lipinski definition) is 0. The molecule has 0 heterocycles. The largest absolute Gasteiger partial charge is 0.382 e.